The lowest BCUT2D eigenvalue weighted by atomic mass is 9.40. The summed E-state index contributed by atoms with van der Waals surface area (Å²) in [5.41, 5.74) is 2.48. The zero-order valence-electron chi connectivity index (χ0n) is 11.8. The molecule has 4 aliphatic carbocycles. The Hall–Kier alpha value is -0.310. The van der Waals surface area contributed by atoms with Gasteiger partial charge < -0.3 is 4.42 Å². The maximum absolute atomic E-state index is 5.89. The van der Waals surface area contributed by atoms with Crippen LogP contribution in [0.25, 0.3) is 0 Å². The Morgan fingerprint density at radius 1 is 1.21 bits per heavy atom. The molecule has 0 spiro atoms. The lowest BCUT2D eigenvalue weighted by Crippen LogP contribution is -2.56. The molecule has 4 aliphatic rings. The van der Waals surface area contributed by atoms with Crippen molar-refractivity contribution in [1.82, 2.24) is 4.98 Å². The van der Waals surface area contributed by atoms with Crippen molar-refractivity contribution in [3.63, 3.8) is 0 Å². The van der Waals surface area contributed by atoms with Crippen molar-refractivity contribution >= 4 is 15.9 Å². The number of nitrogens with zero attached hydrogens (tertiary/aromatic N) is 1. The minimum absolute atomic E-state index is 0.280. The number of oxazole rings is 1. The summed E-state index contributed by atoms with van der Waals surface area (Å²) in [5, 5.41) is 0.818. The summed E-state index contributed by atoms with van der Waals surface area (Å²) < 4.78 is 5.89. The van der Waals surface area contributed by atoms with E-state index in [0.29, 0.717) is 10.8 Å². The summed E-state index contributed by atoms with van der Waals surface area (Å²) in [4.78, 5) is 4.42. The number of hydrogen-bond donors (Lipinski definition) is 0. The van der Waals surface area contributed by atoms with E-state index in [4.69, 9.17) is 4.42 Å². The van der Waals surface area contributed by atoms with Crippen LogP contribution in [0.15, 0.2) is 10.8 Å². The first-order valence-electron chi connectivity index (χ1n) is 7.45. The first kappa shape index (κ1) is 12.4. The fourth-order valence-corrected chi connectivity index (χ4v) is 6.90. The van der Waals surface area contributed by atoms with E-state index in [0.717, 1.165) is 16.9 Å². The molecule has 104 valence electrons. The van der Waals surface area contributed by atoms with Gasteiger partial charge in [-0.05, 0) is 55.3 Å². The summed E-state index contributed by atoms with van der Waals surface area (Å²) >= 11 is 3.57. The number of aromatic nitrogens is 1. The number of alkyl halides is 1. The second-order valence-electron chi connectivity index (χ2n) is 8.17. The van der Waals surface area contributed by atoms with E-state index in [-0.39, 0.29) is 5.41 Å². The van der Waals surface area contributed by atoms with Crippen LogP contribution in [-0.4, -0.2) is 4.98 Å². The molecule has 2 unspecified atom stereocenters. The summed E-state index contributed by atoms with van der Waals surface area (Å²) in [7, 11) is 0. The molecule has 0 radical (unpaired) electrons. The smallest absolute Gasteiger partial charge is 0.181 e. The summed E-state index contributed by atoms with van der Waals surface area (Å²) in [6.45, 7) is 5.02. The summed E-state index contributed by atoms with van der Waals surface area (Å²) in [6, 6.07) is 0. The molecule has 1 aromatic heterocycles. The number of halogens is 1. The van der Waals surface area contributed by atoms with Gasteiger partial charge in [0.25, 0.3) is 0 Å². The average Bonchev–Trinajstić information content (AvgIpc) is 2.72. The normalized spacial score (nSPS) is 47.8. The van der Waals surface area contributed by atoms with Gasteiger partial charge in [-0.3, -0.25) is 0 Å². The van der Waals surface area contributed by atoms with E-state index in [1.807, 2.05) is 0 Å². The van der Waals surface area contributed by atoms with Crippen LogP contribution in [0.4, 0.5) is 0 Å². The van der Waals surface area contributed by atoms with Crippen LogP contribution in [0, 0.1) is 16.7 Å². The van der Waals surface area contributed by atoms with Crippen molar-refractivity contribution in [3.05, 3.63) is 17.8 Å². The third-order valence-corrected chi connectivity index (χ3v) is 6.41. The van der Waals surface area contributed by atoms with E-state index in [2.05, 4.69) is 34.8 Å². The average molecular weight is 324 g/mol. The van der Waals surface area contributed by atoms with Gasteiger partial charge in [-0.15, -0.1) is 0 Å². The van der Waals surface area contributed by atoms with Gasteiger partial charge in [-0.1, -0.05) is 29.8 Å². The van der Waals surface area contributed by atoms with Crippen molar-refractivity contribution in [2.75, 3.05) is 0 Å². The molecule has 2 atom stereocenters. The molecule has 3 heteroatoms. The molecule has 0 aromatic carbocycles. The van der Waals surface area contributed by atoms with Crippen molar-refractivity contribution in [1.29, 1.82) is 0 Å². The van der Waals surface area contributed by atoms with Crippen LogP contribution in [-0.2, 0) is 10.7 Å². The van der Waals surface area contributed by atoms with Crippen molar-refractivity contribution in [2.24, 2.45) is 16.7 Å². The Bertz CT molecular complexity index is 505. The second-order valence-corrected chi connectivity index (χ2v) is 8.73. The Morgan fingerprint density at radius 3 is 2.47 bits per heavy atom. The van der Waals surface area contributed by atoms with E-state index >= 15 is 0 Å². The standard InChI is InChI=1S/C16H22BrNO/c1-14-3-11-4-15(2,7-14)9-16(5-11,8-14)13-12(6-17)18-10-19-13/h10-11H,3-9H2,1-2H3. The van der Waals surface area contributed by atoms with Crippen LogP contribution < -0.4 is 0 Å². The molecule has 0 N–H and O–H groups in total. The van der Waals surface area contributed by atoms with Gasteiger partial charge in [0.05, 0.1) is 5.69 Å². The van der Waals surface area contributed by atoms with Crippen LogP contribution in [0.3, 0.4) is 0 Å². The molecular weight excluding hydrogens is 302 g/mol. The molecule has 2 nitrogen and oxygen atoms in total. The molecule has 1 aromatic rings. The monoisotopic (exact) mass is 323 g/mol. The first-order chi connectivity index (χ1) is 8.96. The largest absolute Gasteiger partial charge is 0.448 e. The Balaban J connectivity index is 1.83. The lowest BCUT2D eigenvalue weighted by Gasteiger charge is -2.64. The third-order valence-electron chi connectivity index (χ3n) is 5.88. The van der Waals surface area contributed by atoms with Crippen molar-refractivity contribution in [2.45, 2.75) is 63.1 Å². The van der Waals surface area contributed by atoms with Gasteiger partial charge in [0, 0.05) is 10.7 Å². The Morgan fingerprint density at radius 2 is 1.89 bits per heavy atom. The van der Waals surface area contributed by atoms with E-state index in [9.17, 15) is 0 Å². The highest BCUT2D eigenvalue weighted by Crippen LogP contribution is 2.70. The maximum atomic E-state index is 5.89. The van der Waals surface area contributed by atoms with Gasteiger partial charge in [-0.2, -0.15) is 0 Å². The molecule has 4 saturated carbocycles. The zero-order chi connectivity index (χ0) is 13.3. The highest BCUT2D eigenvalue weighted by molar-refractivity contribution is 9.08. The SMILES string of the molecule is CC12CC3CC(C)(C1)CC(c1ocnc1CBr)(C3)C2. The van der Waals surface area contributed by atoms with Gasteiger partial charge in [-0.25, -0.2) is 4.98 Å². The second kappa shape index (κ2) is 3.66. The van der Waals surface area contributed by atoms with E-state index < -0.39 is 0 Å². The Labute approximate surface area is 123 Å². The molecule has 4 bridgehead atoms. The number of hydrogen-bond acceptors (Lipinski definition) is 2. The first-order valence-corrected chi connectivity index (χ1v) is 8.57. The summed E-state index contributed by atoms with van der Waals surface area (Å²) in [5.74, 6) is 2.10. The lowest BCUT2D eigenvalue weighted by molar-refractivity contribution is -0.116. The molecule has 1 heterocycles. The highest BCUT2D eigenvalue weighted by Gasteiger charge is 2.62. The fraction of sp³-hybridized carbons (Fsp3) is 0.812. The van der Waals surface area contributed by atoms with E-state index in [1.54, 1.807) is 6.39 Å². The molecule has 19 heavy (non-hydrogen) atoms. The van der Waals surface area contributed by atoms with E-state index in [1.165, 1.54) is 44.3 Å². The van der Waals surface area contributed by atoms with Crippen LogP contribution in [0.5, 0.6) is 0 Å². The minimum Gasteiger partial charge on any atom is -0.448 e. The van der Waals surface area contributed by atoms with Crippen molar-refractivity contribution < 1.29 is 4.42 Å². The fourth-order valence-electron chi connectivity index (χ4n) is 6.50. The molecule has 0 amide bonds. The Kier molecular flexibility index (Phi) is 2.40. The summed E-state index contributed by atoms with van der Waals surface area (Å²) in [6.07, 6.45) is 9.87. The number of rotatable bonds is 2. The van der Waals surface area contributed by atoms with Gasteiger partial charge in [0.1, 0.15) is 5.76 Å². The topological polar surface area (TPSA) is 26.0 Å². The maximum Gasteiger partial charge on any atom is 0.181 e. The van der Waals surface area contributed by atoms with Crippen LogP contribution >= 0.6 is 15.9 Å². The molecular formula is C16H22BrNO. The zero-order valence-corrected chi connectivity index (χ0v) is 13.4. The predicted molar refractivity (Wildman–Crippen MR) is 78.2 cm³/mol. The highest BCUT2D eigenvalue weighted by atomic mass is 79.9. The minimum atomic E-state index is 0.280. The van der Waals surface area contributed by atoms with Crippen LogP contribution in [0.2, 0.25) is 0 Å². The molecule has 0 saturated heterocycles. The van der Waals surface area contributed by atoms with Crippen molar-refractivity contribution in [3.8, 4) is 0 Å². The van der Waals surface area contributed by atoms with Gasteiger partial charge in [0.15, 0.2) is 6.39 Å². The predicted octanol–water partition coefficient (Wildman–Crippen LogP) is 4.82. The molecule has 0 aliphatic heterocycles. The molecule has 4 fully saturated rings. The molecule has 5 rings (SSSR count). The quantitative estimate of drug-likeness (QED) is 0.729. The van der Waals surface area contributed by atoms with Crippen LogP contribution in [0.1, 0.15) is 63.8 Å². The third kappa shape index (κ3) is 1.69. The van der Waals surface area contributed by atoms with Gasteiger partial charge >= 0.3 is 0 Å². The van der Waals surface area contributed by atoms with Gasteiger partial charge in [0.2, 0.25) is 0 Å².